The zero-order valence-corrected chi connectivity index (χ0v) is 24.4. The first-order chi connectivity index (χ1) is 19.1. The minimum Gasteiger partial charge on any atom is -0.324 e. The van der Waals surface area contributed by atoms with Gasteiger partial charge in [0.05, 0.1) is 28.0 Å². The molecule has 1 aliphatic rings. The van der Waals surface area contributed by atoms with E-state index < -0.39 is 15.9 Å². The molecule has 1 N–H and O–H groups in total. The maximum atomic E-state index is 13.6. The molecule has 10 heteroatoms. The predicted molar refractivity (Wildman–Crippen MR) is 160 cm³/mol. The number of nitrogens with one attached hydrogen (secondary N) is 1. The number of sulfonamides is 1. The number of hydrogen-bond acceptors (Lipinski definition) is 6. The standard InChI is InChI=1S/C30H32N4O4S2/c1-20-12-14-26(22(3)17-20)34-29(36)23-9-5-6-10-24(23)32-30(34)39-19-28(35)31-25-13-11-21(2)18-27(25)40(37,38)33-15-7-4-8-16-33/h5-6,9-14,17-18H,4,7-8,15-16,19H2,1-3H3,(H,31,35). The minimum atomic E-state index is -3.75. The number of carbonyl (C=O) groups excluding carboxylic acids is 1. The van der Waals surface area contributed by atoms with Crippen LogP contribution in [0, 0.1) is 20.8 Å². The molecule has 1 amide bonds. The number of piperidine rings is 1. The number of thioether (sulfide) groups is 1. The number of amides is 1. The molecule has 0 bridgehead atoms. The van der Waals surface area contributed by atoms with E-state index in [4.69, 9.17) is 4.98 Å². The maximum absolute atomic E-state index is 13.6. The third kappa shape index (κ3) is 5.70. The number of rotatable bonds is 7. The van der Waals surface area contributed by atoms with Crippen molar-refractivity contribution < 1.29 is 13.2 Å². The van der Waals surface area contributed by atoms with Gasteiger partial charge < -0.3 is 5.32 Å². The molecule has 0 aliphatic carbocycles. The van der Waals surface area contributed by atoms with E-state index >= 15 is 0 Å². The Hall–Kier alpha value is -3.47. The van der Waals surface area contributed by atoms with Crippen molar-refractivity contribution in [1.29, 1.82) is 0 Å². The van der Waals surface area contributed by atoms with Gasteiger partial charge in [0.1, 0.15) is 4.90 Å². The highest BCUT2D eigenvalue weighted by atomic mass is 32.2. The molecule has 1 aliphatic heterocycles. The fraction of sp³-hybridized carbons (Fsp3) is 0.300. The lowest BCUT2D eigenvalue weighted by atomic mass is 10.1. The number of anilines is 1. The van der Waals surface area contributed by atoms with Gasteiger partial charge in [0, 0.05) is 13.1 Å². The van der Waals surface area contributed by atoms with Gasteiger partial charge in [-0.05, 0) is 75.1 Å². The van der Waals surface area contributed by atoms with Crippen molar-refractivity contribution in [2.45, 2.75) is 50.1 Å². The molecule has 0 saturated carbocycles. The lowest BCUT2D eigenvalue weighted by Crippen LogP contribution is -2.36. The molecule has 3 aromatic carbocycles. The highest BCUT2D eigenvalue weighted by Gasteiger charge is 2.29. The fourth-order valence-electron chi connectivity index (χ4n) is 4.98. The molecule has 0 unspecified atom stereocenters. The van der Waals surface area contributed by atoms with Gasteiger partial charge in [-0.15, -0.1) is 0 Å². The number of benzene rings is 3. The Bertz CT molecular complexity index is 1760. The fourth-order valence-corrected chi connectivity index (χ4v) is 7.54. The zero-order valence-electron chi connectivity index (χ0n) is 22.8. The van der Waals surface area contributed by atoms with Gasteiger partial charge >= 0.3 is 0 Å². The second-order valence-corrected chi connectivity index (χ2v) is 13.0. The topological polar surface area (TPSA) is 101 Å². The third-order valence-electron chi connectivity index (χ3n) is 7.01. The largest absolute Gasteiger partial charge is 0.324 e. The van der Waals surface area contributed by atoms with Crippen LogP contribution in [0.2, 0.25) is 0 Å². The van der Waals surface area contributed by atoms with E-state index in [9.17, 15) is 18.0 Å². The Morgan fingerprint density at radius 2 is 1.65 bits per heavy atom. The Morgan fingerprint density at radius 1 is 0.950 bits per heavy atom. The number of carbonyl (C=O) groups is 1. The van der Waals surface area contributed by atoms with Crippen LogP contribution in [-0.4, -0.2) is 47.0 Å². The Balaban J connectivity index is 1.45. The van der Waals surface area contributed by atoms with Crippen molar-refractivity contribution in [2.75, 3.05) is 24.2 Å². The molecular formula is C30H32N4O4S2. The quantitative estimate of drug-likeness (QED) is 0.239. The highest BCUT2D eigenvalue weighted by Crippen LogP contribution is 2.29. The molecule has 2 heterocycles. The number of fused-ring (bicyclic) bond motifs is 1. The van der Waals surface area contributed by atoms with Crippen molar-refractivity contribution in [3.63, 3.8) is 0 Å². The number of hydrogen-bond donors (Lipinski definition) is 1. The van der Waals surface area contributed by atoms with Gasteiger partial charge in [-0.1, -0.05) is 54.1 Å². The third-order valence-corrected chi connectivity index (χ3v) is 9.89. The summed E-state index contributed by atoms with van der Waals surface area (Å²) in [6.07, 6.45) is 2.66. The van der Waals surface area contributed by atoms with Gasteiger partial charge in [0.25, 0.3) is 5.56 Å². The van der Waals surface area contributed by atoms with Crippen LogP contribution in [0.4, 0.5) is 5.69 Å². The molecule has 4 aromatic rings. The zero-order chi connectivity index (χ0) is 28.4. The summed E-state index contributed by atoms with van der Waals surface area (Å²) < 4.78 is 30.0. The summed E-state index contributed by atoms with van der Waals surface area (Å²) in [5.41, 5.74) is 4.06. The van der Waals surface area contributed by atoms with E-state index in [1.165, 1.54) is 4.31 Å². The van der Waals surface area contributed by atoms with Crippen LogP contribution < -0.4 is 10.9 Å². The van der Waals surface area contributed by atoms with Crippen LogP contribution in [0.1, 0.15) is 36.0 Å². The molecule has 0 atom stereocenters. The Morgan fingerprint density at radius 3 is 2.40 bits per heavy atom. The van der Waals surface area contributed by atoms with E-state index in [2.05, 4.69) is 5.32 Å². The van der Waals surface area contributed by atoms with Crippen LogP contribution >= 0.6 is 11.8 Å². The van der Waals surface area contributed by atoms with Crippen LogP contribution in [0.25, 0.3) is 16.6 Å². The summed E-state index contributed by atoms with van der Waals surface area (Å²) in [7, 11) is -3.75. The second-order valence-electron chi connectivity index (χ2n) is 10.1. The van der Waals surface area contributed by atoms with E-state index in [-0.39, 0.29) is 21.9 Å². The van der Waals surface area contributed by atoms with E-state index in [1.807, 2.05) is 45.0 Å². The minimum absolute atomic E-state index is 0.0627. The maximum Gasteiger partial charge on any atom is 0.266 e. The van der Waals surface area contributed by atoms with Crippen molar-refractivity contribution in [1.82, 2.24) is 13.9 Å². The summed E-state index contributed by atoms with van der Waals surface area (Å²) in [5, 5.41) is 3.68. The van der Waals surface area contributed by atoms with E-state index in [0.717, 1.165) is 47.7 Å². The summed E-state index contributed by atoms with van der Waals surface area (Å²) in [6.45, 7) is 6.70. The average molecular weight is 577 g/mol. The van der Waals surface area contributed by atoms with E-state index in [0.29, 0.717) is 34.8 Å². The molecule has 1 fully saturated rings. The van der Waals surface area contributed by atoms with Gasteiger partial charge in [-0.2, -0.15) is 4.31 Å². The molecule has 0 spiro atoms. The molecule has 8 nitrogen and oxygen atoms in total. The second kappa shape index (κ2) is 11.6. The van der Waals surface area contributed by atoms with Crippen LogP contribution in [0.3, 0.4) is 0 Å². The number of nitrogens with zero attached hydrogens (tertiary/aromatic N) is 3. The SMILES string of the molecule is Cc1ccc(-n2c(SCC(=O)Nc3ccc(C)cc3S(=O)(=O)N3CCCCC3)nc3ccccc3c2=O)c(C)c1. The van der Waals surface area contributed by atoms with Crippen LogP contribution in [-0.2, 0) is 14.8 Å². The molecular weight excluding hydrogens is 544 g/mol. The van der Waals surface area contributed by atoms with Gasteiger partial charge in [-0.25, -0.2) is 13.4 Å². The van der Waals surface area contributed by atoms with Crippen LogP contribution in [0.15, 0.2) is 75.5 Å². The van der Waals surface area contributed by atoms with Gasteiger partial charge in [0.15, 0.2) is 5.16 Å². The lowest BCUT2D eigenvalue weighted by Gasteiger charge is -2.27. The van der Waals surface area contributed by atoms with Crippen molar-refractivity contribution >= 4 is 44.3 Å². The molecule has 1 aromatic heterocycles. The molecule has 1 saturated heterocycles. The summed E-state index contributed by atoms with van der Waals surface area (Å²) >= 11 is 1.14. The molecule has 5 rings (SSSR count). The Kier molecular flexibility index (Phi) is 8.11. The predicted octanol–water partition coefficient (Wildman–Crippen LogP) is 5.22. The number of aryl methyl sites for hydroxylation is 3. The Labute approximate surface area is 238 Å². The van der Waals surface area contributed by atoms with Gasteiger partial charge in [0.2, 0.25) is 15.9 Å². The smallest absolute Gasteiger partial charge is 0.266 e. The molecule has 0 radical (unpaired) electrons. The monoisotopic (exact) mass is 576 g/mol. The normalized spacial score (nSPS) is 14.4. The van der Waals surface area contributed by atoms with Crippen LogP contribution in [0.5, 0.6) is 0 Å². The van der Waals surface area contributed by atoms with Gasteiger partial charge in [-0.3, -0.25) is 14.2 Å². The molecule has 208 valence electrons. The lowest BCUT2D eigenvalue weighted by molar-refractivity contribution is -0.113. The first-order valence-corrected chi connectivity index (χ1v) is 15.7. The van der Waals surface area contributed by atoms with Crippen molar-refractivity contribution in [2.24, 2.45) is 0 Å². The van der Waals surface area contributed by atoms with E-state index in [1.54, 1.807) is 41.0 Å². The molecule has 40 heavy (non-hydrogen) atoms. The van der Waals surface area contributed by atoms with Crippen molar-refractivity contribution in [3.8, 4) is 5.69 Å². The highest BCUT2D eigenvalue weighted by molar-refractivity contribution is 7.99. The number of aromatic nitrogens is 2. The van der Waals surface area contributed by atoms with Crippen molar-refractivity contribution in [3.05, 3.63) is 87.7 Å². The first-order valence-electron chi connectivity index (χ1n) is 13.3. The number of para-hydroxylation sites is 1. The summed E-state index contributed by atoms with van der Waals surface area (Å²) in [5.74, 6) is -0.453. The summed E-state index contributed by atoms with van der Waals surface area (Å²) in [6, 6.07) is 18.0. The average Bonchev–Trinajstić information content (AvgIpc) is 2.94. The summed E-state index contributed by atoms with van der Waals surface area (Å²) in [4.78, 5) is 31.6. The first kappa shape index (κ1) is 28.1.